The van der Waals surface area contributed by atoms with Crippen LogP contribution in [0.15, 0.2) is 0 Å². The summed E-state index contributed by atoms with van der Waals surface area (Å²) in [6.45, 7) is -0.844. The van der Waals surface area contributed by atoms with Crippen molar-refractivity contribution in [3.05, 3.63) is 0 Å². The highest BCUT2D eigenvalue weighted by Gasteiger charge is 2.59. The third-order valence-electron chi connectivity index (χ3n) is 3.26. The first-order valence-electron chi connectivity index (χ1n) is 5.77. The molecule has 1 aliphatic heterocycles. The molecule has 1 heterocycles. The van der Waals surface area contributed by atoms with Gasteiger partial charge in [-0.25, -0.2) is 4.79 Å². The highest BCUT2D eigenvalue weighted by molar-refractivity contribution is 5.76. The minimum Gasteiger partial charge on any atom is -0.477 e. The second-order valence-corrected chi connectivity index (χ2v) is 4.55. The molecule has 13 nitrogen and oxygen atoms in total. The average molecular weight is 351 g/mol. The topological polar surface area (TPSA) is 277 Å². The van der Waals surface area contributed by atoms with Crippen LogP contribution >= 0.6 is 0 Å². The van der Waals surface area contributed by atoms with E-state index < -0.39 is 54.9 Å². The molecule has 0 aromatic carbocycles. The van der Waals surface area contributed by atoms with Crippen LogP contribution in [0.25, 0.3) is 0 Å². The van der Waals surface area contributed by atoms with Crippen LogP contribution in [0.2, 0.25) is 0 Å². The molecular formula is C10H25NO12. The zero-order valence-corrected chi connectivity index (χ0v) is 12.2. The maximum atomic E-state index is 11.1. The van der Waals surface area contributed by atoms with Gasteiger partial charge in [0.1, 0.15) is 30.5 Å². The van der Waals surface area contributed by atoms with Gasteiger partial charge in [-0.3, -0.25) is 0 Å². The Kier molecular flexibility index (Phi) is 11.7. The summed E-state index contributed by atoms with van der Waals surface area (Å²) in [7, 11) is 1.04. The van der Waals surface area contributed by atoms with Crippen molar-refractivity contribution in [1.29, 1.82) is 0 Å². The molecule has 0 spiro atoms. The van der Waals surface area contributed by atoms with Crippen LogP contribution in [0, 0.1) is 0 Å². The van der Waals surface area contributed by atoms with Crippen molar-refractivity contribution in [3.8, 4) is 0 Å². The van der Waals surface area contributed by atoms with Crippen molar-refractivity contribution in [2.45, 2.75) is 42.3 Å². The Labute approximate surface area is 130 Å². The molecule has 0 radical (unpaired) electrons. The quantitative estimate of drug-likeness (QED) is 0.245. The number of hydrogen-bond donors (Lipinski definition) is 7. The number of aliphatic carboxylic acids is 1. The average Bonchev–Trinajstić information content (AvgIpc) is 2.41. The maximum absolute atomic E-state index is 11.1. The van der Waals surface area contributed by atoms with Crippen molar-refractivity contribution in [2.75, 3.05) is 13.7 Å². The number of carboxylic acid groups (broad SMARTS) is 1. The first-order chi connectivity index (χ1) is 9.20. The standard InChI is InChI=1S/C10H19NO9.3H2O/c1-19-8-6(15)4(11)7(5(14)3(13)2-12)20-10(8,18)9(16)17;;;/h3-8,12-15,18H,2,11H2,1H3,(H,16,17);3*1H2/t3-,4-,5-,6-,7-,8?,10?;;;/m1.../s1. The number of aliphatic hydroxyl groups is 5. The van der Waals surface area contributed by atoms with E-state index in [0.29, 0.717) is 0 Å². The summed E-state index contributed by atoms with van der Waals surface area (Å²) in [5.41, 5.74) is 5.59. The number of methoxy groups -OCH3 is 1. The lowest BCUT2D eigenvalue weighted by atomic mass is 9.87. The highest BCUT2D eigenvalue weighted by atomic mass is 16.7. The Hall–Kier alpha value is -0.970. The zero-order valence-electron chi connectivity index (χ0n) is 12.2. The second-order valence-electron chi connectivity index (χ2n) is 4.55. The molecule has 0 aromatic heterocycles. The van der Waals surface area contributed by atoms with Gasteiger partial charge >= 0.3 is 5.97 Å². The fraction of sp³-hybridized carbons (Fsp3) is 0.900. The van der Waals surface area contributed by atoms with Crippen molar-refractivity contribution in [1.82, 2.24) is 0 Å². The third kappa shape index (κ3) is 4.75. The van der Waals surface area contributed by atoms with Crippen molar-refractivity contribution in [2.24, 2.45) is 5.73 Å². The van der Waals surface area contributed by atoms with E-state index in [1.807, 2.05) is 0 Å². The lowest BCUT2D eigenvalue weighted by Crippen LogP contribution is -2.72. The molecule has 1 aliphatic rings. The third-order valence-corrected chi connectivity index (χ3v) is 3.26. The fourth-order valence-corrected chi connectivity index (χ4v) is 2.08. The summed E-state index contributed by atoms with van der Waals surface area (Å²) in [5.74, 6) is -4.81. The lowest BCUT2D eigenvalue weighted by molar-refractivity contribution is -0.334. The number of carboxylic acids is 1. The van der Waals surface area contributed by atoms with E-state index in [4.69, 9.17) is 20.7 Å². The number of aliphatic hydroxyl groups excluding tert-OH is 4. The summed E-state index contributed by atoms with van der Waals surface area (Å²) in [6.07, 6.45) is -8.49. The second kappa shape index (κ2) is 10.0. The molecule has 0 aromatic rings. The minimum atomic E-state index is -2.95. The fourth-order valence-electron chi connectivity index (χ4n) is 2.08. The normalized spacial score (nSPS) is 35.8. The van der Waals surface area contributed by atoms with Crippen LogP contribution in [0.1, 0.15) is 0 Å². The van der Waals surface area contributed by atoms with Crippen LogP contribution in [0.4, 0.5) is 0 Å². The molecule has 0 amide bonds. The monoisotopic (exact) mass is 351 g/mol. The van der Waals surface area contributed by atoms with E-state index >= 15 is 0 Å². The molecule has 1 rings (SSSR count). The predicted octanol–water partition coefficient (Wildman–Crippen LogP) is -6.90. The van der Waals surface area contributed by atoms with Crippen LogP contribution in [-0.4, -0.2) is 109 Å². The van der Waals surface area contributed by atoms with E-state index in [-0.39, 0.29) is 16.4 Å². The van der Waals surface area contributed by atoms with Gasteiger partial charge in [0.05, 0.1) is 12.6 Å². The van der Waals surface area contributed by atoms with Crippen LogP contribution < -0.4 is 5.73 Å². The zero-order chi connectivity index (χ0) is 15.7. The molecular weight excluding hydrogens is 326 g/mol. The molecule has 1 fully saturated rings. The van der Waals surface area contributed by atoms with E-state index in [2.05, 4.69) is 4.74 Å². The van der Waals surface area contributed by atoms with E-state index in [9.17, 15) is 25.2 Å². The molecule has 7 atom stereocenters. The molecule has 2 unspecified atom stereocenters. The Morgan fingerprint density at radius 1 is 1.35 bits per heavy atom. The van der Waals surface area contributed by atoms with Gasteiger partial charge in [0.15, 0.2) is 0 Å². The number of ether oxygens (including phenoxy) is 2. The summed E-state index contributed by atoms with van der Waals surface area (Å²) in [5, 5.41) is 56.7. The summed E-state index contributed by atoms with van der Waals surface area (Å²) >= 11 is 0. The Morgan fingerprint density at radius 2 is 1.83 bits per heavy atom. The van der Waals surface area contributed by atoms with Gasteiger partial charge in [-0.1, -0.05) is 0 Å². The van der Waals surface area contributed by atoms with Gasteiger partial charge in [-0.2, -0.15) is 0 Å². The van der Waals surface area contributed by atoms with Crippen LogP contribution in [0.3, 0.4) is 0 Å². The van der Waals surface area contributed by atoms with Gasteiger partial charge in [0, 0.05) is 7.11 Å². The Morgan fingerprint density at radius 3 is 2.17 bits per heavy atom. The van der Waals surface area contributed by atoms with Crippen molar-refractivity contribution >= 4 is 5.97 Å². The maximum Gasteiger partial charge on any atom is 0.367 e. The summed E-state index contributed by atoms with van der Waals surface area (Å²) < 4.78 is 9.52. The molecule has 13 heteroatoms. The molecule has 1 saturated heterocycles. The molecule has 142 valence electrons. The first-order valence-corrected chi connectivity index (χ1v) is 5.77. The van der Waals surface area contributed by atoms with E-state index in [1.54, 1.807) is 0 Å². The predicted molar refractivity (Wildman–Crippen MR) is 72.2 cm³/mol. The summed E-state index contributed by atoms with van der Waals surface area (Å²) in [6, 6.07) is -1.35. The number of carbonyl (C=O) groups is 1. The molecule has 0 saturated carbocycles. The van der Waals surface area contributed by atoms with Gasteiger partial charge < -0.3 is 62.3 Å². The lowest BCUT2D eigenvalue weighted by Gasteiger charge is -2.47. The van der Waals surface area contributed by atoms with E-state index in [1.165, 1.54) is 0 Å². The van der Waals surface area contributed by atoms with Crippen molar-refractivity contribution in [3.63, 3.8) is 0 Å². The SMILES string of the molecule is COC1[C@H](O)[C@@H](N)[C@H]([C@H](O)[C@H](O)CO)OC1(O)C(=O)O.O.O.O. The van der Waals surface area contributed by atoms with E-state index in [0.717, 1.165) is 7.11 Å². The number of nitrogens with two attached hydrogens (primary N) is 1. The van der Waals surface area contributed by atoms with Gasteiger partial charge in [-0.15, -0.1) is 0 Å². The van der Waals surface area contributed by atoms with Gasteiger partial charge in [-0.05, 0) is 0 Å². The molecule has 23 heavy (non-hydrogen) atoms. The molecule has 0 aliphatic carbocycles. The Balaban J connectivity index is -0.00000133. The van der Waals surface area contributed by atoms with Gasteiger partial charge in [0.25, 0.3) is 5.79 Å². The minimum absolute atomic E-state index is 0. The molecule has 14 N–H and O–H groups in total. The molecule has 0 bridgehead atoms. The number of hydrogen-bond acceptors (Lipinski definition) is 9. The van der Waals surface area contributed by atoms with Crippen molar-refractivity contribution < 1.29 is 61.3 Å². The smallest absolute Gasteiger partial charge is 0.367 e. The van der Waals surface area contributed by atoms with Crippen LogP contribution in [-0.2, 0) is 14.3 Å². The van der Waals surface area contributed by atoms with Crippen LogP contribution in [0.5, 0.6) is 0 Å². The summed E-state index contributed by atoms with van der Waals surface area (Å²) in [4.78, 5) is 11.1. The highest BCUT2D eigenvalue weighted by Crippen LogP contribution is 2.31. The number of rotatable bonds is 5. The first kappa shape index (κ1) is 26.9. The largest absolute Gasteiger partial charge is 0.477 e. The van der Waals surface area contributed by atoms with Gasteiger partial charge in [0.2, 0.25) is 0 Å². The Bertz CT molecular complexity index is 357.